The lowest BCUT2D eigenvalue weighted by Crippen LogP contribution is -2.50. The number of hydrogen-bond donors (Lipinski definition) is 1. The van der Waals surface area contributed by atoms with Gasteiger partial charge in [-0.15, -0.1) is 0 Å². The summed E-state index contributed by atoms with van der Waals surface area (Å²) in [6.07, 6.45) is 0.425. The van der Waals surface area contributed by atoms with Gasteiger partial charge in [-0.05, 0) is 25.3 Å². The number of rotatable bonds is 7. The third-order valence-electron chi connectivity index (χ3n) is 4.02. The van der Waals surface area contributed by atoms with Gasteiger partial charge < -0.3 is 14.6 Å². The molecule has 0 saturated carbocycles. The van der Waals surface area contributed by atoms with Crippen LogP contribution in [0.5, 0.6) is 0 Å². The molecule has 0 aliphatic heterocycles. The molecule has 26 heavy (non-hydrogen) atoms. The van der Waals surface area contributed by atoms with Crippen LogP contribution in [-0.2, 0) is 20.7 Å². The normalized spacial score (nSPS) is 11.5. The number of aryl methyl sites for hydroxylation is 1. The summed E-state index contributed by atoms with van der Waals surface area (Å²) in [7, 11) is 1.28. The van der Waals surface area contributed by atoms with E-state index in [0.717, 1.165) is 5.56 Å². The summed E-state index contributed by atoms with van der Waals surface area (Å²) in [4.78, 5) is 27.9. The van der Waals surface area contributed by atoms with Crippen LogP contribution in [0.1, 0.15) is 51.5 Å². The number of benzene rings is 1. The Kier molecular flexibility index (Phi) is 6.13. The predicted octanol–water partition coefficient (Wildman–Crippen LogP) is 2.86. The Balaban J connectivity index is 1.94. The molecule has 2 aromatic rings. The Hall–Kier alpha value is -2.70. The maximum atomic E-state index is 12.0. The van der Waals surface area contributed by atoms with Crippen LogP contribution >= 0.6 is 0 Å². The Morgan fingerprint density at radius 3 is 2.46 bits per heavy atom. The highest BCUT2D eigenvalue weighted by atomic mass is 16.5. The molecule has 0 atom stereocenters. The SMILES string of the molecule is COC(=O)C(C)(C)NC(=O)CCc1nc(-c2ccc(C(C)C)cc2)no1. The zero-order chi connectivity index (χ0) is 19.3. The van der Waals surface area contributed by atoms with Crippen LogP contribution in [0.25, 0.3) is 11.4 Å². The monoisotopic (exact) mass is 359 g/mol. The largest absolute Gasteiger partial charge is 0.467 e. The smallest absolute Gasteiger partial charge is 0.330 e. The van der Waals surface area contributed by atoms with Crippen LogP contribution in [-0.4, -0.2) is 34.7 Å². The summed E-state index contributed by atoms with van der Waals surface area (Å²) in [5, 5.41) is 6.59. The number of hydrogen-bond acceptors (Lipinski definition) is 6. The van der Waals surface area contributed by atoms with Gasteiger partial charge in [-0.1, -0.05) is 43.3 Å². The van der Waals surface area contributed by atoms with E-state index in [2.05, 4.69) is 34.0 Å². The van der Waals surface area contributed by atoms with Gasteiger partial charge >= 0.3 is 5.97 Å². The maximum Gasteiger partial charge on any atom is 0.330 e. The molecule has 1 aromatic carbocycles. The Morgan fingerprint density at radius 2 is 1.88 bits per heavy atom. The van der Waals surface area contributed by atoms with Crippen LogP contribution < -0.4 is 5.32 Å². The van der Waals surface area contributed by atoms with Crippen LogP contribution in [0.15, 0.2) is 28.8 Å². The zero-order valence-corrected chi connectivity index (χ0v) is 15.8. The minimum absolute atomic E-state index is 0.133. The third kappa shape index (κ3) is 4.91. The van der Waals surface area contributed by atoms with E-state index in [-0.39, 0.29) is 12.3 Å². The first kappa shape index (κ1) is 19.6. The van der Waals surface area contributed by atoms with E-state index >= 15 is 0 Å². The summed E-state index contributed by atoms with van der Waals surface area (Å²) >= 11 is 0. The van der Waals surface area contributed by atoms with Gasteiger partial charge in [0.25, 0.3) is 0 Å². The molecule has 1 aromatic heterocycles. The molecule has 0 spiro atoms. The topological polar surface area (TPSA) is 94.3 Å². The van der Waals surface area contributed by atoms with Crippen LogP contribution in [0.3, 0.4) is 0 Å². The second kappa shape index (κ2) is 8.12. The highest BCUT2D eigenvalue weighted by Crippen LogP contribution is 2.20. The second-order valence-electron chi connectivity index (χ2n) is 6.95. The summed E-state index contributed by atoms with van der Waals surface area (Å²) in [5.74, 6) is 0.527. The van der Waals surface area contributed by atoms with Gasteiger partial charge in [0, 0.05) is 18.4 Å². The Labute approximate surface area is 153 Å². The van der Waals surface area contributed by atoms with Crippen molar-refractivity contribution >= 4 is 11.9 Å². The van der Waals surface area contributed by atoms with Crippen molar-refractivity contribution in [3.63, 3.8) is 0 Å². The van der Waals surface area contributed by atoms with Crippen molar-refractivity contribution in [3.8, 4) is 11.4 Å². The molecule has 7 nitrogen and oxygen atoms in total. The molecule has 0 aliphatic carbocycles. The van der Waals surface area contributed by atoms with Crippen molar-refractivity contribution in [2.24, 2.45) is 0 Å². The van der Waals surface area contributed by atoms with Crippen LogP contribution in [0.2, 0.25) is 0 Å². The van der Waals surface area contributed by atoms with Crippen molar-refractivity contribution in [1.82, 2.24) is 15.5 Å². The zero-order valence-electron chi connectivity index (χ0n) is 15.8. The molecule has 0 fully saturated rings. The molecule has 0 saturated heterocycles. The van der Waals surface area contributed by atoms with Crippen molar-refractivity contribution in [2.45, 2.75) is 52.0 Å². The highest BCUT2D eigenvalue weighted by Gasteiger charge is 2.30. The van der Waals surface area contributed by atoms with E-state index in [1.165, 1.54) is 12.7 Å². The fourth-order valence-corrected chi connectivity index (χ4v) is 2.43. The fourth-order valence-electron chi connectivity index (χ4n) is 2.43. The highest BCUT2D eigenvalue weighted by molar-refractivity contribution is 5.87. The molecule has 0 radical (unpaired) electrons. The van der Waals surface area contributed by atoms with Gasteiger partial charge in [-0.3, -0.25) is 4.79 Å². The summed E-state index contributed by atoms with van der Waals surface area (Å²) in [6.45, 7) is 7.44. The van der Waals surface area contributed by atoms with Gasteiger partial charge in [0.15, 0.2) is 0 Å². The molecule has 7 heteroatoms. The average Bonchev–Trinajstić information content (AvgIpc) is 3.08. The van der Waals surface area contributed by atoms with Gasteiger partial charge in [0.05, 0.1) is 7.11 Å². The van der Waals surface area contributed by atoms with E-state index in [4.69, 9.17) is 4.52 Å². The molecule has 0 bridgehead atoms. The Morgan fingerprint density at radius 1 is 1.23 bits per heavy atom. The number of ether oxygens (including phenoxy) is 1. The van der Waals surface area contributed by atoms with Crippen molar-refractivity contribution in [1.29, 1.82) is 0 Å². The second-order valence-corrected chi connectivity index (χ2v) is 6.95. The summed E-state index contributed by atoms with van der Waals surface area (Å²) in [6, 6.07) is 7.99. The van der Waals surface area contributed by atoms with Gasteiger partial charge in [0.1, 0.15) is 5.54 Å². The number of esters is 1. The molecular formula is C19H25N3O4. The number of aromatic nitrogens is 2. The molecule has 1 amide bonds. The van der Waals surface area contributed by atoms with Crippen LogP contribution in [0.4, 0.5) is 0 Å². The lowest BCUT2D eigenvalue weighted by Gasteiger charge is -2.22. The third-order valence-corrected chi connectivity index (χ3v) is 4.02. The molecule has 0 aliphatic rings. The maximum absolute atomic E-state index is 12.0. The lowest BCUT2D eigenvalue weighted by molar-refractivity contribution is -0.149. The minimum Gasteiger partial charge on any atom is -0.467 e. The molecule has 2 rings (SSSR count). The molecule has 0 unspecified atom stereocenters. The Bertz CT molecular complexity index is 763. The van der Waals surface area contributed by atoms with Crippen molar-refractivity contribution in [3.05, 3.63) is 35.7 Å². The van der Waals surface area contributed by atoms with Gasteiger partial charge in [-0.2, -0.15) is 4.98 Å². The van der Waals surface area contributed by atoms with Crippen molar-refractivity contribution < 1.29 is 18.8 Å². The van der Waals surface area contributed by atoms with E-state index in [1.807, 2.05) is 24.3 Å². The number of carbonyl (C=O) groups excluding carboxylic acids is 2. The molecular weight excluding hydrogens is 334 g/mol. The first-order valence-electron chi connectivity index (χ1n) is 8.55. The van der Waals surface area contributed by atoms with E-state index in [1.54, 1.807) is 13.8 Å². The molecule has 1 heterocycles. The molecule has 1 N–H and O–H groups in total. The minimum atomic E-state index is -1.08. The van der Waals surface area contributed by atoms with E-state index in [9.17, 15) is 9.59 Å². The van der Waals surface area contributed by atoms with E-state index < -0.39 is 11.5 Å². The first-order chi connectivity index (χ1) is 12.2. The standard InChI is InChI=1S/C19H25N3O4/c1-12(2)13-6-8-14(9-7-13)17-20-16(26-22-17)11-10-15(23)21-19(3,4)18(24)25-5/h6-9,12H,10-11H2,1-5H3,(H,21,23). The van der Waals surface area contributed by atoms with Crippen LogP contribution in [0, 0.1) is 0 Å². The number of carbonyl (C=O) groups is 2. The van der Waals surface area contributed by atoms with E-state index in [0.29, 0.717) is 24.1 Å². The van der Waals surface area contributed by atoms with Crippen molar-refractivity contribution in [2.75, 3.05) is 7.11 Å². The number of methoxy groups -OCH3 is 1. The average molecular weight is 359 g/mol. The van der Waals surface area contributed by atoms with Gasteiger partial charge in [-0.25, -0.2) is 4.79 Å². The summed E-state index contributed by atoms with van der Waals surface area (Å²) in [5.41, 5.74) is 1.02. The fraction of sp³-hybridized carbons (Fsp3) is 0.474. The summed E-state index contributed by atoms with van der Waals surface area (Å²) < 4.78 is 9.87. The quantitative estimate of drug-likeness (QED) is 0.764. The number of nitrogens with one attached hydrogen (secondary N) is 1. The first-order valence-corrected chi connectivity index (χ1v) is 8.55. The molecule has 140 valence electrons. The number of amides is 1. The van der Waals surface area contributed by atoms with Gasteiger partial charge in [0.2, 0.25) is 17.6 Å². The number of nitrogens with zero attached hydrogens (tertiary/aromatic N) is 2. The predicted molar refractivity (Wildman–Crippen MR) is 96.4 cm³/mol. The lowest BCUT2D eigenvalue weighted by atomic mass is 10.0.